The Morgan fingerprint density at radius 3 is 2.32 bits per heavy atom. The minimum atomic E-state index is -3.29. The van der Waals surface area contributed by atoms with Gasteiger partial charge >= 0.3 is 0 Å². The maximum atomic E-state index is 12.3. The van der Waals surface area contributed by atoms with Gasteiger partial charge in [-0.1, -0.05) is 23.7 Å². The van der Waals surface area contributed by atoms with Crippen LogP contribution in [0.4, 0.5) is 5.69 Å². The summed E-state index contributed by atoms with van der Waals surface area (Å²) in [5, 5.41) is 13.5. The lowest BCUT2D eigenvalue weighted by molar-refractivity contribution is -0.384. The number of nitrogens with one attached hydrogen (secondary N) is 1. The molecule has 0 unspecified atom stereocenters. The molecule has 0 heterocycles. The van der Waals surface area contributed by atoms with E-state index in [1.807, 2.05) is 0 Å². The Bertz CT molecular complexity index is 926. The van der Waals surface area contributed by atoms with Gasteiger partial charge in [-0.3, -0.25) is 14.9 Å². The van der Waals surface area contributed by atoms with E-state index >= 15 is 0 Å². The van der Waals surface area contributed by atoms with Gasteiger partial charge in [-0.25, -0.2) is 8.42 Å². The molecule has 2 rings (SSSR count). The van der Waals surface area contributed by atoms with Gasteiger partial charge in [0.2, 0.25) is 0 Å². The molecular weight excluding hydrogens is 368 g/mol. The van der Waals surface area contributed by atoms with E-state index in [-0.39, 0.29) is 21.2 Å². The molecule has 2 aromatic carbocycles. The molecule has 0 saturated heterocycles. The lowest BCUT2D eigenvalue weighted by Crippen LogP contribution is -2.26. The zero-order valence-corrected chi connectivity index (χ0v) is 15.0. The molecule has 0 aliphatic rings. The SMILES string of the molecule is C[C@@H](NC(=O)c1ccc(Cl)c([N+](=O)[O-])c1)c1ccc(S(C)(=O)=O)cc1. The Hall–Kier alpha value is -2.45. The van der Waals surface area contributed by atoms with E-state index in [0.717, 1.165) is 12.3 Å². The number of carbonyl (C=O) groups is 1. The molecule has 25 heavy (non-hydrogen) atoms. The predicted octanol–water partition coefficient (Wildman–Crippen LogP) is 3.14. The molecule has 7 nitrogen and oxygen atoms in total. The second-order valence-corrected chi connectivity index (χ2v) is 7.88. The zero-order chi connectivity index (χ0) is 18.8. The maximum Gasteiger partial charge on any atom is 0.288 e. The zero-order valence-electron chi connectivity index (χ0n) is 13.4. The van der Waals surface area contributed by atoms with Crippen molar-refractivity contribution in [3.63, 3.8) is 0 Å². The minimum Gasteiger partial charge on any atom is -0.346 e. The molecule has 9 heteroatoms. The highest BCUT2D eigenvalue weighted by molar-refractivity contribution is 7.90. The number of hydrogen-bond acceptors (Lipinski definition) is 5. The van der Waals surface area contributed by atoms with Crippen molar-refractivity contribution in [2.75, 3.05) is 6.26 Å². The Labute approximate surface area is 149 Å². The highest BCUT2D eigenvalue weighted by Crippen LogP contribution is 2.25. The van der Waals surface area contributed by atoms with Gasteiger partial charge in [0, 0.05) is 17.9 Å². The Kier molecular flexibility index (Phi) is 5.44. The fraction of sp³-hybridized carbons (Fsp3) is 0.188. The molecule has 0 radical (unpaired) electrons. The average molecular weight is 383 g/mol. The molecule has 1 amide bonds. The van der Waals surface area contributed by atoms with Crippen LogP contribution in [0.25, 0.3) is 0 Å². The monoisotopic (exact) mass is 382 g/mol. The number of benzene rings is 2. The number of halogens is 1. The smallest absolute Gasteiger partial charge is 0.288 e. The molecule has 0 bridgehead atoms. The van der Waals surface area contributed by atoms with Crippen LogP contribution in [0.1, 0.15) is 28.9 Å². The van der Waals surface area contributed by atoms with E-state index in [9.17, 15) is 23.3 Å². The molecule has 0 aromatic heterocycles. The van der Waals surface area contributed by atoms with Crippen molar-refractivity contribution in [1.82, 2.24) is 5.32 Å². The lowest BCUT2D eigenvalue weighted by atomic mass is 10.1. The predicted molar refractivity (Wildman–Crippen MR) is 93.5 cm³/mol. The van der Waals surface area contributed by atoms with Crippen LogP contribution in [-0.2, 0) is 9.84 Å². The number of carbonyl (C=O) groups excluding carboxylic acids is 1. The van der Waals surface area contributed by atoms with Crippen LogP contribution in [0.15, 0.2) is 47.4 Å². The molecule has 0 saturated carbocycles. The topological polar surface area (TPSA) is 106 Å². The normalized spacial score (nSPS) is 12.4. The molecule has 0 fully saturated rings. The molecule has 0 aliphatic heterocycles. The molecule has 0 aliphatic carbocycles. The van der Waals surface area contributed by atoms with Crippen LogP contribution in [-0.4, -0.2) is 25.5 Å². The number of sulfone groups is 1. The Morgan fingerprint density at radius 1 is 1.20 bits per heavy atom. The third-order valence-electron chi connectivity index (χ3n) is 3.56. The van der Waals surface area contributed by atoms with Crippen molar-refractivity contribution < 1.29 is 18.1 Å². The summed E-state index contributed by atoms with van der Waals surface area (Å²) in [6, 6.07) is 9.50. The van der Waals surface area contributed by atoms with Crippen LogP contribution in [0, 0.1) is 10.1 Å². The van der Waals surface area contributed by atoms with Gasteiger partial charge in [-0.05, 0) is 36.8 Å². The summed E-state index contributed by atoms with van der Waals surface area (Å²) in [6.07, 6.45) is 1.11. The van der Waals surface area contributed by atoms with Gasteiger partial charge in [0.25, 0.3) is 11.6 Å². The third-order valence-corrected chi connectivity index (χ3v) is 5.01. The standard InChI is InChI=1S/C16H15ClN2O5S/c1-10(11-3-6-13(7-4-11)25(2,23)24)18-16(20)12-5-8-14(17)15(9-12)19(21)22/h3-10H,1-2H3,(H,18,20)/t10-/m1/s1. The number of hydrogen-bond donors (Lipinski definition) is 1. The first-order chi connectivity index (χ1) is 11.6. The van der Waals surface area contributed by atoms with Crippen LogP contribution >= 0.6 is 11.6 Å². The number of rotatable bonds is 5. The van der Waals surface area contributed by atoms with Gasteiger partial charge in [0.1, 0.15) is 5.02 Å². The average Bonchev–Trinajstić information content (AvgIpc) is 2.54. The van der Waals surface area contributed by atoms with Crippen molar-refractivity contribution in [2.24, 2.45) is 0 Å². The fourth-order valence-electron chi connectivity index (χ4n) is 2.16. The Balaban J connectivity index is 2.17. The summed E-state index contributed by atoms with van der Waals surface area (Å²) < 4.78 is 22.9. The third kappa shape index (κ3) is 4.55. The van der Waals surface area contributed by atoms with Crippen molar-refractivity contribution >= 4 is 33.0 Å². The number of nitro benzene ring substituents is 1. The molecular formula is C16H15ClN2O5S. The highest BCUT2D eigenvalue weighted by Gasteiger charge is 2.18. The van der Waals surface area contributed by atoms with Crippen LogP contribution in [0.3, 0.4) is 0 Å². The molecule has 1 N–H and O–H groups in total. The summed E-state index contributed by atoms with van der Waals surface area (Å²) in [4.78, 5) is 22.7. The summed E-state index contributed by atoms with van der Waals surface area (Å²) in [5.41, 5.74) is 0.458. The largest absolute Gasteiger partial charge is 0.346 e. The van der Waals surface area contributed by atoms with Crippen molar-refractivity contribution in [3.8, 4) is 0 Å². The van der Waals surface area contributed by atoms with E-state index in [1.165, 1.54) is 24.3 Å². The second kappa shape index (κ2) is 7.20. The summed E-state index contributed by atoms with van der Waals surface area (Å²) >= 11 is 5.73. The van der Waals surface area contributed by atoms with Crippen molar-refractivity contribution in [3.05, 3.63) is 68.7 Å². The molecule has 2 aromatic rings. The van der Waals surface area contributed by atoms with Gasteiger partial charge < -0.3 is 5.32 Å². The molecule has 0 spiro atoms. The fourth-order valence-corrected chi connectivity index (χ4v) is 2.98. The van der Waals surface area contributed by atoms with Crippen molar-refractivity contribution in [1.29, 1.82) is 0 Å². The quantitative estimate of drug-likeness (QED) is 0.631. The molecule has 132 valence electrons. The van der Waals surface area contributed by atoms with E-state index in [4.69, 9.17) is 11.6 Å². The van der Waals surface area contributed by atoms with Gasteiger partial charge in [-0.2, -0.15) is 0 Å². The molecule has 1 atom stereocenters. The summed E-state index contributed by atoms with van der Waals surface area (Å²) in [5.74, 6) is -0.501. The van der Waals surface area contributed by atoms with E-state index in [0.29, 0.717) is 5.56 Å². The van der Waals surface area contributed by atoms with Gasteiger partial charge in [0.05, 0.1) is 15.9 Å². The van der Waals surface area contributed by atoms with Gasteiger partial charge in [0.15, 0.2) is 9.84 Å². The Morgan fingerprint density at radius 2 is 1.80 bits per heavy atom. The van der Waals surface area contributed by atoms with Crippen LogP contribution < -0.4 is 5.32 Å². The second-order valence-electron chi connectivity index (χ2n) is 5.46. The number of amides is 1. The van der Waals surface area contributed by atoms with Gasteiger partial charge in [-0.15, -0.1) is 0 Å². The minimum absolute atomic E-state index is 0.0500. The number of nitro groups is 1. The van der Waals surface area contributed by atoms with E-state index < -0.39 is 26.7 Å². The highest BCUT2D eigenvalue weighted by atomic mass is 35.5. The summed E-state index contributed by atoms with van der Waals surface area (Å²) in [6.45, 7) is 1.72. The first-order valence-electron chi connectivity index (χ1n) is 7.14. The van der Waals surface area contributed by atoms with E-state index in [2.05, 4.69) is 5.32 Å². The van der Waals surface area contributed by atoms with Crippen LogP contribution in [0.5, 0.6) is 0 Å². The summed E-state index contributed by atoms with van der Waals surface area (Å²) in [7, 11) is -3.29. The first-order valence-corrected chi connectivity index (χ1v) is 9.41. The lowest BCUT2D eigenvalue weighted by Gasteiger charge is -2.15. The first kappa shape index (κ1) is 18.9. The van der Waals surface area contributed by atoms with E-state index in [1.54, 1.807) is 19.1 Å². The van der Waals surface area contributed by atoms with Crippen molar-refractivity contribution in [2.45, 2.75) is 17.9 Å². The number of nitrogens with zero attached hydrogens (tertiary/aromatic N) is 1. The van der Waals surface area contributed by atoms with Crippen LogP contribution in [0.2, 0.25) is 5.02 Å². The maximum absolute atomic E-state index is 12.3.